The minimum Gasteiger partial charge on any atom is -0.488 e. The second kappa shape index (κ2) is 10.4. The molecule has 0 bridgehead atoms. The Bertz CT molecular complexity index is 398. The number of para-hydroxylation sites is 1. The van der Waals surface area contributed by atoms with Crippen molar-refractivity contribution in [3.63, 3.8) is 0 Å². The molecule has 0 heterocycles. The number of aliphatic hydroxyl groups is 1. The fraction of sp³-hybridized carbons (Fsp3) is 0.429. The van der Waals surface area contributed by atoms with Crippen LogP contribution in [0.5, 0.6) is 5.75 Å². The lowest BCUT2D eigenvalue weighted by molar-refractivity contribution is 0.107. The van der Waals surface area contributed by atoms with E-state index in [0.29, 0.717) is 22.3 Å². The molecule has 0 saturated heterocycles. The molecule has 1 aromatic rings. The van der Waals surface area contributed by atoms with E-state index in [2.05, 4.69) is 11.9 Å². The van der Waals surface area contributed by atoms with Crippen molar-refractivity contribution < 1.29 is 9.84 Å². The van der Waals surface area contributed by atoms with E-state index in [1.165, 1.54) is 0 Å². The van der Waals surface area contributed by atoms with Crippen molar-refractivity contribution in [3.05, 3.63) is 40.9 Å². The molecule has 0 fully saturated rings. The first kappa shape index (κ1) is 17.7. The topological polar surface area (TPSA) is 41.5 Å². The Morgan fingerprint density at radius 3 is 2.75 bits per heavy atom. The molecular formula is C14H19Cl2NO2S. The third-order valence-electron chi connectivity index (χ3n) is 2.38. The number of aliphatic hydroxyl groups excluding tert-OH is 1. The quantitative estimate of drug-likeness (QED) is 0.508. The van der Waals surface area contributed by atoms with Crippen molar-refractivity contribution in [2.45, 2.75) is 6.10 Å². The van der Waals surface area contributed by atoms with E-state index in [1.807, 2.05) is 6.08 Å². The van der Waals surface area contributed by atoms with E-state index in [4.69, 9.17) is 27.9 Å². The van der Waals surface area contributed by atoms with Gasteiger partial charge in [-0.25, -0.2) is 0 Å². The van der Waals surface area contributed by atoms with Crippen LogP contribution in [0.2, 0.25) is 10.0 Å². The van der Waals surface area contributed by atoms with Gasteiger partial charge in [0.25, 0.3) is 0 Å². The zero-order valence-corrected chi connectivity index (χ0v) is 13.5. The first-order chi connectivity index (χ1) is 9.65. The lowest BCUT2D eigenvalue weighted by Crippen LogP contribution is -2.32. The van der Waals surface area contributed by atoms with Crippen LogP contribution in [0.4, 0.5) is 0 Å². The first-order valence-electron chi connectivity index (χ1n) is 6.29. The molecule has 1 atom stereocenters. The van der Waals surface area contributed by atoms with E-state index in [-0.39, 0.29) is 6.61 Å². The molecule has 0 saturated carbocycles. The van der Waals surface area contributed by atoms with Crippen LogP contribution < -0.4 is 10.1 Å². The molecule has 0 aromatic heterocycles. The molecule has 0 amide bonds. The normalized spacial score (nSPS) is 12.2. The molecule has 1 rings (SSSR count). The Kier molecular flexibility index (Phi) is 9.14. The zero-order valence-electron chi connectivity index (χ0n) is 11.1. The van der Waals surface area contributed by atoms with E-state index >= 15 is 0 Å². The number of halogens is 2. The van der Waals surface area contributed by atoms with Gasteiger partial charge in [-0.05, 0) is 12.1 Å². The average molecular weight is 336 g/mol. The van der Waals surface area contributed by atoms with Gasteiger partial charge in [-0.3, -0.25) is 0 Å². The van der Waals surface area contributed by atoms with Crippen molar-refractivity contribution in [1.29, 1.82) is 0 Å². The third-order valence-corrected chi connectivity index (χ3v) is 3.94. The summed E-state index contributed by atoms with van der Waals surface area (Å²) in [6.07, 6.45) is 1.27. The summed E-state index contributed by atoms with van der Waals surface area (Å²) in [5.41, 5.74) is 0. The number of hydrogen-bond acceptors (Lipinski definition) is 4. The van der Waals surface area contributed by atoms with Gasteiger partial charge >= 0.3 is 0 Å². The van der Waals surface area contributed by atoms with Crippen LogP contribution in [-0.2, 0) is 0 Å². The van der Waals surface area contributed by atoms with Crippen LogP contribution in [0, 0.1) is 0 Å². The summed E-state index contributed by atoms with van der Waals surface area (Å²) < 4.78 is 5.45. The fourth-order valence-electron chi connectivity index (χ4n) is 1.44. The Morgan fingerprint density at radius 2 is 2.10 bits per heavy atom. The summed E-state index contributed by atoms with van der Waals surface area (Å²) in [7, 11) is 0. The van der Waals surface area contributed by atoms with Crippen molar-refractivity contribution >= 4 is 35.0 Å². The van der Waals surface area contributed by atoms with Gasteiger partial charge in [0.15, 0.2) is 5.75 Å². The van der Waals surface area contributed by atoms with Gasteiger partial charge in [0, 0.05) is 24.6 Å². The minimum absolute atomic E-state index is 0.149. The molecule has 0 aliphatic heterocycles. The smallest absolute Gasteiger partial charge is 0.156 e. The summed E-state index contributed by atoms with van der Waals surface area (Å²) in [5.74, 6) is 2.34. The van der Waals surface area contributed by atoms with Gasteiger partial charge in [-0.2, -0.15) is 11.8 Å². The molecule has 0 radical (unpaired) electrons. The van der Waals surface area contributed by atoms with Gasteiger partial charge < -0.3 is 15.2 Å². The van der Waals surface area contributed by atoms with Gasteiger partial charge in [-0.1, -0.05) is 35.3 Å². The molecule has 20 heavy (non-hydrogen) atoms. The Balaban J connectivity index is 2.19. The highest BCUT2D eigenvalue weighted by molar-refractivity contribution is 7.99. The Morgan fingerprint density at radius 1 is 1.40 bits per heavy atom. The maximum Gasteiger partial charge on any atom is 0.156 e. The number of nitrogens with one attached hydrogen (secondary N) is 1. The standard InChI is InChI=1S/C14H19Cl2NO2S/c1-2-7-20-8-6-17-9-11(18)10-19-14-12(15)4-3-5-13(14)16/h2-5,11,17-18H,1,6-10H2. The summed E-state index contributed by atoms with van der Waals surface area (Å²) in [6.45, 7) is 5.11. The average Bonchev–Trinajstić information content (AvgIpc) is 2.42. The number of rotatable bonds is 10. The van der Waals surface area contributed by atoms with Crippen LogP contribution >= 0.6 is 35.0 Å². The zero-order chi connectivity index (χ0) is 14.8. The van der Waals surface area contributed by atoms with Crippen LogP contribution in [0.15, 0.2) is 30.9 Å². The molecular weight excluding hydrogens is 317 g/mol. The van der Waals surface area contributed by atoms with Crippen LogP contribution in [-0.4, -0.2) is 42.4 Å². The maximum atomic E-state index is 9.80. The minimum atomic E-state index is -0.605. The van der Waals surface area contributed by atoms with E-state index in [9.17, 15) is 5.11 Å². The van der Waals surface area contributed by atoms with Crippen molar-refractivity contribution in [1.82, 2.24) is 5.32 Å². The highest BCUT2D eigenvalue weighted by Gasteiger charge is 2.10. The van der Waals surface area contributed by atoms with Crippen LogP contribution in [0.1, 0.15) is 0 Å². The van der Waals surface area contributed by atoms with E-state index in [0.717, 1.165) is 18.1 Å². The lowest BCUT2D eigenvalue weighted by Gasteiger charge is -2.14. The van der Waals surface area contributed by atoms with E-state index < -0.39 is 6.10 Å². The molecule has 1 unspecified atom stereocenters. The predicted octanol–water partition coefficient (Wildman–Crippen LogP) is 3.24. The van der Waals surface area contributed by atoms with Crippen molar-refractivity contribution in [3.8, 4) is 5.75 Å². The Hall–Kier alpha value is -0.390. The van der Waals surface area contributed by atoms with Crippen LogP contribution in [0.3, 0.4) is 0 Å². The highest BCUT2D eigenvalue weighted by atomic mass is 35.5. The molecule has 0 spiro atoms. The second-order valence-corrected chi connectivity index (χ2v) is 6.05. The molecule has 0 aliphatic carbocycles. The monoisotopic (exact) mass is 335 g/mol. The fourth-order valence-corrected chi connectivity index (χ4v) is 2.57. The predicted molar refractivity (Wildman–Crippen MR) is 88.4 cm³/mol. The van der Waals surface area contributed by atoms with Gasteiger partial charge in [-0.15, -0.1) is 6.58 Å². The summed E-state index contributed by atoms with van der Waals surface area (Å²) in [4.78, 5) is 0. The van der Waals surface area contributed by atoms with Gasteiger partial charge in [0.05, 0.1) is 10.0 Å². The number of thioether (sulfide) groups is 1. The van der Waals surface area contributed by atoms with Crippen LogP contribution in [0.25, 0.3) is 0 Å². The molecule has 0 aliphatic rings. The molecule has 2 N–H and O–H groups in total. The third kappa shape index (κ3) is 6.86. The SMILES string of the molecule is C=CCSCCNCC(O)COc1c(Cl)cccc1Cl. The lowest BCUT2D eigenvalue weighted by atomic mass is 10.3. The second-order valence-electron chi connectivity index (χ2n) is 4.08. The van der Waals surface area contributed by atoms with Crippen molar-refractivity contribution in [2.24, 2.45) is 0 Å². The van der Waals surface area contributed by atoms with Gasteiger partial charge in [0.1, 0.15) is 12.7 Å². The number of hydrogen-bond donors (Lipinski definition) is 2. The first-order valence-corrected chi connectivity index (χ1v) is 8.20. The Labute approximate surface area is 134 Å². The summed E-state index contributed by atoms with van der Waals surface area (Å²) in [5, 5.41) is 13.8. The highest BCUT2D eigenvalue weighted by Crippen LogP contribution is 2.32. The number of benzene rings is 1. The molecule has 1 aromatic carbocycles. The van der Waals surface area contributed by atoms with E-state index in [1.54, 1.807) is 30.0 Å². The van der Waals surface area contributed by atoms with Gasteiger partial charge in [0.2, 0.25) is 0 Å². The maximum absolute atomic E-state index is 9.80. The summed E-state index contributed by atoms with van der Waals surface area (Å²) >= 11 is 13.7. The molecule has 3 nitrogen and oxygen atoms in total. The van der Waals surface area contributed by atoms with Crippen molar-refractivity contribution in [2.75, 3.05) is 31.2 Å². The summed E-state index contributed by atoms with van der Waals surface area (Å²) in [6, 6.07) is 5.14. The largest absolute Gasteiger partial charge is 0.488 e. The molecule has 6 heteroatoms. The molecule has 112 valence electrons. The number of ether oxygens (including phenoxy) is 1.